The van der Waals surface area contributed by atoms with Crippen LogP contribution in [0, 0.1) is 0 Å². The number of pyridine rings is 1. The van der Waals surface area contributed by atoms with Gasteiger partial charge in [0.15, 0.2) is 0 Å². The van der Waals surface area contributed by atoms with E-state index < -0.39 is 17.7 Å². The fraction of sp³-hybridized carbons (Fsp3) is 0.318. The molecule has 5 heteroatoms. The van der Waals surface area contributed by atoms with Crippen LogP contribution in [-0.2, 0) is 9.59 Å². The number of carbonyl (C=O) groups is 2. The largest absolute Gasteiger partial charge is 0.507 e. The van der Waals surface area contributed by atoms with Crippen LogP contribution in [0.2, 0.25) is 0 Å². The minimum absolute atomic E-state index is 0.136. The number of aliphatic hydroxyl groups is 1. The maximum absolute atomic E-state index is 12.7. The van der Waals surface area contributed by atoms with Crippen molar-refractivity contribution >= 4 is 17.4 Å². The number of Topliss-reactive ketones (excluding diaryl/α,β-unsaturated/α-hetero) is 1. The van der Waals surface area contributed by atoms with E-state index in [-0.39, 0.29) is 11.3 Å². The van der Waals surface area contributed by atoms with Crippen molar-refractivity contribution in [2.45, 2.75) is 39.2 Å². The zero-order valence-electron chi connectivity index (χ0n) is 15.8. The van der Waals surface area contributed by atoms with Crippen molar-refractivity contribution in [3.63, 3.8) is 0 Å². The lowest BCUT2D eigenvalue weighted by Crippen LogP contribution is -2.30. The van der Waals surface area contributed by atoms with Gasteiger partial charge in [0.1, 0.15) is 5.76 Å². The molecule has 1 N–H and O–H groups in total. The van der Waals surface area contributed by atoms with Crippen molar-refractivity contribution < 1.29 is 14.7 Å². The van der Waals surface area contributed by atoms with Crippen molar-refractivity contribution in [1.29, 1.82) is 0 Å². The zero-order chi connectivity index (χ0) is 19.6. The molecule has 0 saturated carbocycles. The summed E-state index contributed by atoms with van der Waals surface area (Å²) in [6.45, 7) is 6.64. The van der Waals surface area contributed by atoms with Crippen molar-refractivity contribution in [3.05, 3.63) is 71.1 Å². The molecule has 0 radical (unpaired) electrons. The van der Waals surface area contributed by atoms with E-state index in [1.54, 1.807) is 29.4 Å². The number of hydrogen-bond donors (Lipinski definition) is 1. The summed E-state index contributed by atoms with van der Waals surface area (Å²) in [5.74, 6) is -0.980. The van der Waals surface area contributed by atoms with Gasteiger partial charge in [0.05, 0.1) is 11.6 Å². The lowest BCUT2D eigenvalue weighted by atomic mass is 9.93. The summed E-state index contributed by atoms with van der Waals surface area (Å²) in [7, 11) is 0. The molecule has 1 unspecified atom stereocenters. The zero-order valence-corrected chi connectivity index (χ0v) is 15.8. The maximum Gasteiger partial charge on any atom is 0.295 e. The Kier molecular flexibility index (Phi) is 5.40. The van der Waals surface area contributed by atoms with Crippen LogP contribution in [0.4, 0.5) is 0 Å². The van der Waals surface area contributed by atoms with Crippen LogP contribution in [0.15, 0.2) is 54.4 Å². The first-order chi connectivity index (χ1) is 13.0. The molecule has 0 bridgehead atoms. The molecule has 1 aliphatic rings. The summed E-state index contributed by atoms with van der Waals surface area (Å²) in [6.07, 6.45) is 3.82. The van der Waals surface area contributed by atoms with Crippen LogP contribution in [0.5, 0.6) is 0 Å². The minimum Gasteiger partial charge on any atom is -0.507 e. The number of rotatable bonds is 5. The number of aromatic nitrogens is 1. The molecule has 0 aliphatic carbocycles. The van der Waals surface area contributed by atoms with Crippen LogP contribution >= 0.6 is 0 Å². The number of nitrogens with zero attached hydrogens (tertiary/aromatic N) is 2. The lowest BCUT2D eigenvalue weighted by Gasteiger charge is -2.25. The molecule has 140 valence electrons. The van der Waals surface area contributed by atoms with E-state index in [0.717, 1.165) is 12.0 Å². The number of hydrogen-bond acceptors (Lipinski definition) is 4. The summed E-state index contributed by atoms with van der Waals surface area (Å²) < 4.78 is 0. The molecule has 1 atom stereocenters. The Bertz CT molecular complexity index is 870. The van der Waals surface area contributed by atoms with Crippen LogP contribution in [0.25, 0.3) is 5.76 Å². The highest BCUT2D eigenvalue weighted by atomic mass is 16.3. The third-order valence-corrected chi connectivity index (χ3v) is 4.88. The first-order valence-electron chi connectivity index (χ1n) is 9.24. The molecule has 1 amide bonds. The minimum atomic E-state index is -0.643. The lowest BCUT2D eigenvalue weighted by molar-refractivity contribution is -0.139. The molecule has 2 aromatic rings. The van der Waals surface area contributed by atoms with Crippen molar-refractivity contribution in [1.82, 2.24) is 9.88 Å². The molecular weight excluding hydrogens is 340 g/mol. The molecule has 1 fully saturated rings. The maximum atomic E-state index is 12.7. The first kappa shape index (κ1) is 18.8. The summed E-state index contributed by atoms with van der Waals surface area (Å²) in [4.78, 5) is 30.9. The third kappa shape index (κ3) is 3.50. The molecule has 5 nitrogen and oxygen atoms in total. The highest BCUT2D eigenvalue weighted by Gasteiger charge is 2.45. The van der Waals surface area contributed by atoms with E-state index in [9.17, 15) is 14.7 Å². The van der Waals surface area contributed by atoms with Crippen molar-refractivity contribution in [3.8, 4) is 0 Å². The fourth-order valence-corrected chi connectivity index (χ4v) is 3.43. The number of likely N-dealkylation sites (tertiary alicyclic amines) is 1. The van der Waals surface area contributed by atoms with Gasteiger partial charge in [-0.05, 0) is 35.6 Å². The summed E-state index contributed by atoms with van der Waals surface area (Å²) in [5.41, 5.74) is 2.61. The average molecular weight is 364 g/mol. The summed E-state index contributed by atoms with van der Waals surface area (Å²) >= 11 is 0. The van der Waals surface area contributed by atoms with Crippen molar-refractivity contribution in [2.24, 2.45) is 0 Å². The molecule has 1 aromatic carbocycles. The third-order valence-electron chi connectivity index (χ3n) is 4.88. The van der Waals surface area contributed by atoms with Gasteiger partial charge in [0, 0.05) is 24.5 Å². The molecule has 1 saturated heterocycles. The van der Waals surface area contributed by atoms with Gasteiger partial charge >= 0.3 is 0 Å². The second-order valence-corrected chi connectivity index (χ2v) is 7.05. The van der Waals surface area contributed by atoms with Crippen molar-refractivity contribution in [2.75, 3.05) is 6.54 Å². The Morgan fingerprint density at radius 1 is 1.11 bits per heavy atom. The van der Waals surface area contributed by atoms with Gasteiger partial charge in [0.25, 0.3) is 11.7 Å². The Labute approximate surface area is 159 Å². The molecule has 1 aliphatic heterocycles. The summed E-state index contributed by atoms with van der Waals surface area (Å²) in [6, 6.07) is 10.6. The molecular formula is C22H24N2O3. The van der Waals surface area contributed by atoms with Crippen LogP contribution in [0.3, 0.4) is 0 Å². The van der Waals surface area contributed by atoms with Gasteiger partial charge in [0.2, 0.25) is 0 Å². The number of ketones is 1. The predicted octanol–water partition coefficient (Wildman–Crippen LogP) is 4.04. The van der Waals surface area contributed by atoms with E-state index in [0.29, 0.717) is 18.0 Å². The van der Waals surface area contributed by atoms with Gasteiger partial charge in [-0.1, -0.05) is 45.0 Å². The molecule has 1 aromatic heterocycles. The first-order valence-corrected chi connectivity index (χ1v) is 9.24. The topological polar surface area (TPSA) is 70.5 Å². The fourth-order valence-electron chi connectivity index (χ4n) is 3.43. The molecule has 3 rings (SSSR count). The Morgan fingerprint density at radius 3 is 2.30 bits per heavy atom. The highest BCUT2D eigenvalue weighted by molar-refractivity contribution is 6.46. The molecule has 27 heavy (non-hydrogen) atoms. The SMILES string of the molecule is CCCN1C(=O)C(=O)/C(=C(\O)c2ccncc2)C1c1ccc(C(C)C)cc1. The predicted molar refractivity (Wildman–Crippen MR) is 104 cm³/mol. The Hall–Kier alpha value is -2.95. The Morgan fingerprint density at radius 2 is 1.74 bits per heavy atom. The average Bonchev–Trinajstić information content (AvgIpc) is 2.93. The number of carbonyl (C=O) groups excluding carboxylic acids is 2. The number of aliphatic hydroxyl groups excluding tert-OH is 1. The van der Waals surface area contributed by atoms with Gasteiger partial charge in [-0.25, -0.2) is 0 Å². The van der Waals surface area contributed by atoms with Crippen LogP contribution in [0.1, 0.15) is 55.8 Å². The Balaban J connectivity index is 2.14. The van der Waals surface area contributed by atoms with E-state index in [4.69, 9.17) is 0 Å². The van der Waals surface area contributed by atoms with Gasteiger partial charge in [-0.2, -0.15) is 0 Å². The normalized spacial score (nSPS) is 19.1. The van der Waals surface area contributed by atoms with E-state index in [2.05, 4.69) is 18.8 Å². The van der Waals surface area contributed by atoms with E-state index in [1.165, 1.54) is 5.56 Å². The van der Waals surface area contributed by atoms with Gasteiger partial charge < -0.3 is 10.0 Å². The van der Waals surface area contributed by atoms with Gasteiger partial charge in [-0.3, -0.25) is 14.6 Å². The monoisotopic (exact) mass is 364 g/mol. The van der Waals surface area contributed by atoms with Gasteiger partial charge in [-0.15, -0.1) is 0 Å². The molecule has 2 heterocycles. The second-order valence-electron chi connectivity index (χ2n) is 7.05. The number of benzene rings is 1. The van der Waals surface area contributed by atoms with E-state index in [1.807, 2.05) is 31.2 Å². The molecule has 0 spiro atoms. The van der Waals surface area contributed by atoms with Crippen LogP contribution in [-0.4, -0.2) is 33.2 Å². The highest BCUT2D eigenvalue weighted by Crippen LogP contribution is 2.39. The standard InChI is InChI=1S/C22H24N2O3/c1-4-13-24-19(16-7-5-15(6-8-16)14(2)3)18(21(26)22(24)27)20(25)17-9-11-23-12-10-17/h5-12,14,19,25H,4,13H2,1-3H3/b20-18-. The smallest absolute Gasteiger partial charge is 0.295 e. The van der Waals surface area contributed by atoms with Crippen LogP contribution < -0.4 is 0 Å². The summed E-state index contributed by atoms with van der Waals surface area (Å²) in [5, 5.41) is 10.8. The van der Waals surface area contributed by atoms with E-state index >= 15 is 0 Å². The second kappa shape index (κ2) is 7.74. The quantitative estimate of drug-likeness (QED) is 0.494. The number of amides is 1.